The lowest BCUT2D eigenvalue weighted by molar-refractivity contribution is -0.480. The number of hydrogen-bond acceptors (Lipinski definition) is 4. The summed E-state index contributed by atoms with van der Waals surface area (Å²) in [6.45, 7) is 5.13. The first-order valence-electron chi connectivity index (χ1n) is 6.91. The third-order valence-electron chi connectivity index (χ3n) is 2.71. The second-order valence-electron chi connectivity index (χ2n) is 5.88. The molecular formula is C15H22N2O4. The fourth-order valence-corrected chi connectivity index (χ4v) is 1.86. The molecule has 1 N–H and O–H groups in total. The molecule has 0 fully saturated rings. The van der Waals surface area contributed by atoms with E-state index in [1.807, 2.05) is 30.3 Å². The molecule has 116 valence electrons. The van der Waals surface area contributed by atoms with Gasteiger partial charge in [-0.05, 0) is 32.8 Å². The molecule has 0 radical (unpaired) electrons. The smallest absolute Gasteiger partial charge is 0.407 e. The normalized spacial score (nSPS) is 12.5. The summed E-state index contributed by atoms with van der Waals surface area (Å²) in [4.78, 5) is 22.0. The van der Waals surface area contributed by atoms with Gasteiger partial charge in [0.25, 0.3) is 0 Å². The molecule has 1 amide bonds. The first-order chi connectivity index (χ1) is 9.76. The average molecular weight is 294 g/mol. The molecule has 0 heterocycles. The van der Waals surface area contributed by atoms with Gasteiger partial charge in [-0.3, -0.25) is 10.1 Å². The SMILES string of the molecule is CC(C)(C)OC(=O)N[C@H](CC[N+](=O)[O-])Cc1ccccc1. The quantitative estimate of drug-likeness (QED) is 0.646. The van der Waals surface area contributed by atoms with Crippen LogP contribution in [0.3, 0.4) is 0 Å². The number of nitrogens with zero attached hydrogens (tertiary/aromatic N) is 1. The Hall–Kier alpha value is -2.11. The minimum absolute atomic E-state index is 0.187. The van der Waals surface area contributed by atoms with Crippen LogP contribution in [0.1, 0.15) is 32.8 Å². The van der Waals surface area contributed by atoms with E-state index in [4.69, 9.17) is 4.74 Å². The van der Waals surface area contributed by atoms with Crippen molar-refractivity contribution in [2.45, 2.75) is 45.3 Å². The monoisotopic (exact) mass is 294 g/mol. The third-order valence-corrected chi connectivity index (χ3v) is 2.71. The molecule has 1 aromatic carbocycles. The van der Waals surface area contributed by atoms with E-state index in [0.717, 1.165) is 5.56 Å². The van der Waals surface area contributed by atoms with Crippen LogP contribution in [-0.2, 0) is 11.2 Å². The van der Waals surface area contributed by atoms with Crippen molar-refractivity contribution in [1.29, 1.82) is 0 Å². The molecule has 1 atom stereocenters. The second kappa shape index (κ2) is 7.61. The van der Waals surface area contributed by atoms with E-state index >= 15 is 0 Å². The molecule has 0 saturated carbocycles. The molecule has 0 aromatic heterocycles. The van der Waals surface area contributed by atoms with Gasteiger partial charge in [0.15, 0.2) is 0 Å². The first-order valence-corrected chi connectivity index (χ1v) is 6.91. The van der Waals surface area contributed by atoms with Crippen LogP contribution in [0.5, 0.6) is 0 Å². The highest BCUT2D eigenvalue weighted by Gasteiger charge is 2.20. The zero-order chi connectivity index (χ0) is 15.9. The Morgan fingerprint density at radius 2 is 1.95 bits per heavy atom. The minimum Gasteiger partial charge on any atom is -0.444 e. The van der Waals surface area contributed by atoms with E-state index in [0.29, 0.717) is 6.42 Å². The van der Waals surface area contributed by atoms with Gasteiger partial charge in [-0.1, -0.05) is 30.3 Å². The van der Waals surface area contributed by atoms with E-state index in [9.17, 15) is 14.9 Å². The maximum absolute atomic E-state index is 11.8. The first kappa shape index (κ1) is 16.9. The summed E-state index contributed by atoms with van der Waals surface area (Å²) in [5.41, 5.74) is 0.423. The predicted octanol–water partition coefficient (Wildman–Crippen LogP) is 2.79. The summed E-state index contributed by atoms with van der Waals surface area (Å²) >= 11 is 0. The molecular weight excluding hydrogens is 272 g/mol. The average Bonchev–Trinajstić information content (AvgIpc) is 2.34. The molecule has 0 aliphatic heterocycles. The molecule has 0 saturated heterocycles. The van der Waals surface area contributed by atoms with Crippen molar-refractivity contribution in [3.05, 3.63) is 46.0 Å². The lowest BCUT2D eigenvalue weighted by atomic mass is 10.0. The lowest BCUT2D eigenvalue weighted by Gasteiger charge is -2.23. The maximum atomic E-state index is 11.8. The van der Waals surface area contributed by atoms with Crippen molar-refractivity contribution in [3.63, 3.8) is 0 Å². The van der Waals surface area contributed by atoms with Crippen LogP contribution in [0.2, 0.25) is 0 Å². The van der Waals surface area contributed by atoms with Crippen LogP contribution < -0.4 is 5.32 Å². The van der Waals surface area contributed by atoms with Gasteiger partial charge in [0.05, 0.1) is 0 Å². The molecule has 6 heteroatoms. The second-order valence-corrected chi connectivity index (χ2v) is 5.88. The van der Waals surface area contributed by atoms with E-state index in [1.165, 1.54) is 0 Å². The maximum Gasteiger partial charge on any atom is 0.407 e. The Labute approximate surface area is 124 Å². The van der Waals surface area contributed by atoms with Crippen LogP contribution in [0.4, 0.5) is 4.79 Å². The number of rotatable bonds is 6. The van der Waals surface area contributed by atoms with Crippen molar-refractivity contribution in [1.82, 2.24) is 5.32 Å². The Balaban J connectivity index is 2.63. The largest absolute Gasteiger partial charge is 0.444 e. The number of hydrogen-bond donors (Lipinski definition) is 1. The lowest BCUT2D eigenvalue weighted by Crippen LogP contribution is -2.41. The number of benzene rings is 1. The van der Waals surface area contributed by atoms with Crippen LogP contribution in [0, 0.1) is 10.1 Å². The molecule has 0 unspecified atom stereocenters. The van der Waals surface area contributed by atoms with Gasteiger partial charge < -0.3 is 10.1 Å². The van der Waals surface area contributed by atoms with E-state index in [-0.39, 0.29) is 23.9 Å². The molecule has 0 aliphatic rings. The number of ether oxygens (including phenoxy) is 1. The van der Waals surface area contributed by atoms with Gasteiger partial charge in [0.2, 0.25) is 6.54 Å². The standard InChI is InChI=1S/C15H22N2O4/c1-15(2,3)21-14(18)16-13(9-10-17(19)20)11-12-7-5-4-6-8-12/h4-8,13H,9-11H2,1-3H3,(H,16,18)/t13-/m1/s1. The number of carbonyl (C=O) groups is 1. The molecule has 0 aliphatic carbocycles. The summed E-state index contributed by atoms with van der Waals surface area (Å²) in [5, 5.41) is 13.2. The van der Waals surface area contributed by atoms with E-state index in [1.54, 1.807) is 20.8 Å². The highest BCUT2D eigenvalue weighted by atomic mass is 16.6. The molecule has 0 bridgehead atoms. The number of nitrogens with one attached hydrogen (secondary N) is 1. The van der Waals surface area contributed by atoms with Crippen LogP contribution in [0.15, 0.2) is 30.3 Å². The molecule has 1 rings (SSSR count). The van der Waals surface area contributed by atoms with Crippen molar-refractivity contribution in [3.8, 4) is 0 Å². The fraction of sp³-hybridized carbons (Fsp3) is 0.533. The Morgan fingerprint density at radius 1 is 1.33 bits per heavy atom. The number of carbonyl (C=O) groups excluding carboxylic acids is 1. The minimum atomic E-state index is -0.593. The highest BCUT2D eigenvalue weighted by Crippen LogP contribution is 2.10. The van der Waals surface area contributed by atoms with Crippen LogP contribution >= 0.6 is 0 Å². The number of amides is 1. The summed E-state index contributed by atoms with van der Waals surface area (Å²) in [5.74, 6) is 0. The third kappa shape index (κ3) is 7.91. The van der Waals surface area contributed by atoms with Crippen molar-refractivity contribution < 1.29 is 14.5 Å². The topological polar surface area (TPSA) is 81.5 Å². The summed E-state index contributed by atoms with van der Waals surface area (Å²) < 4.78 is 5.19. The van der Waals surface area contributed by atoms with Gasteiger partial charge >= 0.3 is 6.09 Å². The molecule has 0 spiro atoms. The molecule has 6 nitrogen and oxygen atoms in total. The van der Waals surface area contributed by atoms with Gasteiger partial charge in [-0.15, -0.1) is 0 Å². The van der Waals surface area contributed by atoms with Gasteiger partial charge in [-0.2, -0.15) is 0 Å². The van der Waals surface area contributed by atoms with Gasteiger partial charge in [-0.25, -0.2) is 4.79 Å². The van der Waals surface area contributed by atoms with Gasteiger partial charge in [0.1, 0.15) is 5.60 Å². The number of nitro groups is 1. The number of alkyl carbamates (subject to hydrolysis) is 1. The predicted molar refractivity (Wildman–Crippen MR) is 79.8 cm³/mol. The van der Waals surface area contributed by atoms with Crippen molar-refractivity contribution in [2.75, 3.05) is 6.54 Å². The van der Waals surface area contributed by atoms with E-state index in [2.05, 4.69) is 5.32 Å². The zero-order valence-corrected chi connectivity index (χ0v) is 12.7. The highest BCUT2D eigenvalue weighted by molar-refractivity contribution is 5.68. The van der Waals surface area contributed by atoms with E-state index < -0.39 is 11.7 Å². The Morgan fingerprint density at radius 3 is 2.48 bits per heavy atom. The Bertz CT molecular complexity index is 468. The summed E-state index contributed by atoms with van der Waals surface area (Å²) in [7, 11) is 0. The van der Waals surface area contributed by atoms with Gasteiger partial charge in [0, 0.05) is 17.4 Å². The zero-order valence-electron chi connectivity index (χ0n) is 12.7. The summed E-state index contributed by atoms with van der Waals surface area (Å²) in [6, 6.07) is 9.22. The summed E-state index contributed by atoms with van der Waals surface area (Å²) in [6.07, 6.45) is 0.251. The van der Waals surface area contributed by atoms with Crippen molar-refractivity contribution >= 4 is 6.09 Å². The van der Waals surface area contributed by atoms with Crippen molar-refractivity contribution in [2.24, 2.45) is 0 Å². The molecule has 21 heavy (non-hydrogen) atoms. The van der Waals surface area contributed by atoms with Crippen LogP contribution in [0.25, 0.3) is 0 Å². The Kier molecular flexibility index (Phi) is 6.14. The van der Waals surface area contributed by atoms with Crippen LogP contribution in [-0.4, -0.2) is 29.2 Å². The molecule has 1 aromatic rings. The fourth-order valence-electron chi connectivity index (χ4n) is 1.86.